The molecule has 0 bridgehead atoms. The highest BCUT2D eigenvalue weighted by molar-refractivity contribution is 5.98. The standard InChI is InChI=1S/C18H24N2O3/c1-13-12-18(22,15-8-4-3-5-9-15)20(19-13)17(21)14-7-6-10-16(11-14)23-2/h6-7,10-11,15,22H,3-5,8-9,12H2,1-2H3/t18-/m1/s1. The molecule has 0 saturated heterocycles. The van der Waals surface area contributed by atoms with E-state index < -0.39 is 5.72 Å². The second kappa shape index (κ2) is 6.32. The van der Waals surface area contributed by atoms with Crippen molar-refractivity contribution in [3.05, 3.63) is 29.8 Å². The fraction of sp³-hybridized carbons (Fsp3) is 0.556. The Kier molecular flexibility index (Phi) is 4.39. The van der Waals surface area contributed by atoms with Crippen molar-refractivity contribution in [2.75, 3.05) is 7.11 Å². The van der Waals surface area contributed by atoms with E-state index in [2.05, 4.69) is 5.10 Å². The molecule has 1 fully saturated rings. The zero-order valence-electron chi connectivity index (χ0n) is 13.8. The van der Waals surface area contributed by atoms with Crippen molar-refractivity contribution in [2.45, 2.75) is 51.2 Å². The minimum atomic E-state index is -1.19. The third-order valence-corrected chi connectivity index (χ3v) is 4.92. The number of benzene rings is 1. The lowest BCUT2D eigenvalue weighted by atomic mass is 9.79. The lowest BCUT2D eigenvalue weighted by molar-refractivity contribution is -0.122. The van der Waals surface area contributed by atoms with E-state index in [0.717, 1.165) is 31.4 Å². The largest absolute Gasteiger partial charge is 0.497 e. The van der Waals surface area contributed by atoms with E-state index in [1.165, 1.54) is 11.4 Å². The van der Waals surface area contributed by atoms with Crippen LogP contribution in [0.1, 0.15) is 55.8 Å². The van der Waals surface area contributed by atoms with Crippen LogP contribution in [0.3, 0.4) is 0 Å². The lowest BCUT2D eigenvalue weighted by Gasteiger charge is -2.40. The maximum Gasteiger partial charge on any atom is 0.276 e. The van der Waals surface area contributed by atoms with Gasteiger partial charge in [0, 0.05) is 23.6 Å². The molecule has 3 rings (SSSR count). The average molecular weight is 316 g/mol. The van der Waals surface area contributed by atoms with Gasteiger partial charge in [-0.3, -0.25) is 4.79 Å². The van der Waals surface area contributed by atoms with Crippen LogP contribution in [0.2, 0.25) is 0 Å². The van der Waals surface area contributed by atoms with E-state index in [-0.39, 0.29) is 11.8 Å². The Bertz CT molecular complexity index is 622. The summed E-state index contributed by atoms with van der Waals surface area (Å²) in [6, 6.07) is 6.99. The number of hydrogen-bond acceptors (Lipinski definition) is 4. The van der Waals surface area contributed by atoms with Crippen LogP contribution in [0, 0.1) is 5.92 Å². The molecule has 1 N–H and O–H groups in total. The number of methoxy groups -OCH3 is 1. The van der Waals surface area contributed by atoms with E-state index in [1.54, 1.807) is 31.4 Å². The van der Waals surface area contributed by atoms with Crippen LogP contribution < -0.4 is 4.74 Å². The number of rotatable bonds is 3. The summed E-state index contributed by atoms with van der Waals surface area (Å²) < 4.78 is 5.19. The van der Waals surface area contributed by atoms with Crippen molar-refractivity contribution in [3.63, 3.8) is 0 Å². The molecule has 5 nitrogen and oxygen atoms in total. The van der Waals surface area contributed by atoms with Gasteiger partial charge in [-0.15, -0.1) is 0 Å². The van der Waals surface area contributed by atoms with Crippen LogP contribution in [0.25, 0.3) is 0 Å². The molecule has 1 aromatic carbocycles. The number of aliphatic hydroxyl groups is 1. The molecule has 1 aliphatic heterocycles. The minimum Gasteiger partial charge on any atom is -0.497 e. The summed E-state index contributed by atoms with van der Waals surface area (Å²) in [6.45, 7) is 1.87. The summed E-state index contributed by atoms with van der Waals surface area (Å²) in [6.07, 6.45) is 5.74. The quantitative estimate of drug-likeness (QED) is 0.931. The highest BCUT2D eigenvalue weighted by Crippen LogP contribution is 2.41. The predicted molar refractivity (Wildman–Crippen MR) is 88.4 cm³/mol. The monoisotopic (exact) mass is 316 g/mol. The summed E-state index contributed by atoms with van der Waals surface area (Å²) in [7, 11) is 1.57. The fourth-order valence-corrected chi connectivity index (χ4v) is 3.73. The van der Waals surface area contributed by atoms with Crippen molar-refractivity contribution in [2.24, 2.45) is 11.0 Å². The molecule has 0 aromatic heterocycles. The molecular formula is C18H24N2O3. The second-order valence-electron chi connectivity index (χ2n) is 6.57. The SMILES string of the molecule is COc1cccc(C(=O)N2N=C(C)C[C@@]2(O)C2CCCCC2)c1. The molecule has 0 unspecified atom stereocenters. The van der Waals surface area contributed by atoms with Crippen LogP contribution in [0.4, 0.5) is 0 Å². The summed E-state index contributed by atoms with van der Waals surface area (Å²) >= 11 is 0. The first-order valence-electron chi connectivity index (χ1n) is 8.29. The van der Waals surface area contributed by atoms with Gasteiger partial charge in [0.2, 0.25) is 0 Å². The van der Waals surface area contributed by atoms with E-state index in [1.807, 2.05) is 6.92 Å². The molecule has 2 aliphatic rings. The zero-order valence-corrected chi connectivity index (χ0v) is 13.8. The number of carbonyl (C=O) groups excluding carboxylic acids is 1. The highest BCUT2D eigenvalue weighted by atomic mass is 16.5. The predicted octanol–water partition coefficient (Wildman–Crippen LogP) is 3.19. The highest BCUT2D eigenvalue weighted by Gasteiger charge is 2.49. The molecule has 1 aromatic rings. The van der Waals surface area contributed by atoms with Crippen molar-refractivity contribution in [1.82, 2.24) is 5.01 Å². The number of nitrogens with zero attached hydrogens (tertiary/aromatic N) is 2. The van der Waals surface area contributed by atoms with Gasteiger partial charge >= 0.3 is 0 Å². The first kappa shape index (κ1) is 16.0. The second-order valence-corrected chi connectivity index (χ2v) is 6.57. The van der Waals surface area contributed by atoms with Crippen LogP contribution in [-0.2, 0) is 0 Å². The Morgan fingerprint density at radius 3 is 2.78 bits per heavy atom. The van der Waals surface area contributed by atoms with Crippen molar-refractivity contribution in [3.8, 4) is 5.75 Å². The Morgan fingerprint density at radius 2 is 2.09 bits per heavy atom. The van der Waals surface area contributed by atoms with Gasteiger partial charge in [-0.1, -0.05) is 25.3 Å². The third kappa shape index (κ3) is 2.98. The molecule has 1 saturated carbocycles. The molecular weight excluding hydrogens is 292 g/mol. The molecule has 124 valence electrons. The number of hydrazone groups is 1. The molecule has 5 heteroatoms. The Balaban J connectivity index is 1.89. The first-order chi connectivity index (χ1) is 11.0. The molecule has 1 heterocycles. The van der Waals surface area contributed by atoms with E-state index in [0.29, 0.717) is 17.7 Å². The van der Waals surface area contributed by atoms with Gasteiger partial charge in [0.15, 0.2) is 5.72 Å². The summed E-state index contributed by atoms with van der Waals surface area (Å²) in [5.74, 6) is 0.442. The molecule has 1 atom stereocenters. The van der Waals surface area contributed by atoms with E-state index in [9.17, 15) is 9.90 Å². The van der Waals surface area contributed by atoms with Crippen LogP contribution in [-0.4, -0.2) is 34.6 Å². The summed E-state index contributed by atoms with van der Waals surface area (Å²) in [5, 5.41) is 16.9. The number of amides is 1. The number of hydrogen-bond donors (Lipinski definition) is 1. The smallest absolute Gasteiger partial charge is 0.276 e. The fourth-order valence-electron chi connectivity index (χ4n) is 3.73. The normalized spacial score (nSPS) is 25.3. The molecule has 1 amide bonds. The van der Waals surface area contributed by atoms with Gasteiger partial charge in [0.1, 0.15) is 5.75 Å². The average Bonchev–Trinajstić information content (AvgIpc) is 2.91. The van der Waals surface area contributed by atoms with Gasteiger partial charge in [0.25, 0.3) is 5.91 Å². The molecule has 23 heavy (non-hydrogen) atoms. The van der Waals surface area contributed by atoms with Crippen molar-refractivity contribution >= 4 is 11.6 Å². The van der Waals surface area contributed by atoms with Crippen LogP contribution in [0.15, 0.2) is 29.4 Å². The Labute approximate surface area is 136 Å². The lowest BCUT2D eigenvalue weighted by Crippen LogP contribution is -2.52. The van der Waals surface area contributed by atoms with Gasteiger partial charge in [-0.05, 0) is 38.0 Å². The first-order valence-corrected chi connectivity index (χ1v) is 8.29. The van der Waals surface area contributed by atoms with Crippen molar-refractivity contribution < 1.29 is 14.6 Å². The summed E-state index contributed by atoms with van der Waals surface area (Å²) in [5.41, 5.74) is 0.0938. The molecule has 0 spiro atoms. The van der Waals surface area contributed by atoms with E-state index in [4.69, 9.17) is 4.74 Å². The van der Waals surface area contributed by atoms with E-state index >= 15 is 0 Å². The Hall–Kier alpha value is -1.88. The summed E-state index contributed by atoms with van der Waals surface area (Å²) in [4.78, 5) is 12.9. The third-order valence-electron chi connectivity index (χ3n) is 4.92. The van der Waals surface area contributed by atoms with Crippen LogP contribution in [0.5, 0.6) is 5.75 Å². The molecule has 0 radical (unpaired) electrons. The van der Waals surface area contributed by atoms with Gasteiger partial charge in [-0.25, -0.2) is 0 Å². The van der Waals surface area contributed by atoms with Gasteiger partial charge < -0.3 is 9.84 Å². The maximum absolute atomic E-state index is 12.9. The molecule has 1 aliphatic carbocycles. The Morgan fingerprint density at radius 1 is 1.35 bits per heavy atom. The van der Waals surface area contributed by atoms with Crippen LogP contribution >= 0.6 is 0 Å². The number of ether oxygens (including phenoxy) is 1. The zero-order chi connectivity index (χ0) is 16.4. The van der Waals surface area contributed by atoms with Crippen molar-refractivity contribution in [1.29, 1.82) is 0 Å². The minimum absolute atomic E-state index is 0.0898. The van der Waals surface area contributed by atoms with Gasteiger partial charge in [-0.2, -0.15) is 10.1 Å². The van der Waals surface area contributed by atoms with Gasteiger partial charge in [0.05, 0.1) is 7.11 Å². The number of carbonyl (C=O) groups is 1. The maximum atomic E-state index is 12.9. The topological polar surface area (TPSA) is 62.1 Å².